The minimum absolute atomic E-state index is 0.0855. The number of thioether (sulfide) groups is 1. The fraction of sp³-hybridized carbons (Fsp3) is 0.440. The van der Waals surface area contributed by atoms with E-state index in [-0.39, 0.29) is 28.7 Å². The Balaban J connectivity index is 1.35. The number of amides is 1. The summed E-state index contributed by atoms with van der Waals surface area (Å²) in [4.78, 5) is 19.1. The predicted octanol–water partition coefficient (Wildman–Crippen LogP) is 5.05. The molecule has 174 valence electrons. The van der Waals surface area contributed by atoms with E-state index in [1.165, 1.54) is 37.4 Å². The number of nitrogens with zero attached hydrogens (tertiary/aromatic N) is 2. The van der Waals surface area contributed by atoms with E-state index in [9.17, 15) is 13.2 Å². The van der Waals surface area contributed by atoms with Gasteiger partial charge in [0, 0.05) is 17.4 Å². The summed E-state index contributed by atoms with van der Waals surface area (Å²) in [7, 11) is -3.10. The van der Waals surface area contributed by atoms with Crippen LogP contribution in [0.4, 0.5) is 5.69 Å². The molecule has 1 saturated carbocycles. The lowest BCUT2D eigenvalue weighted by Crippen LogP contribution is -2.37. The van der Waals surface area contributed by atoms with E-state index >= 15 is 0 Å². The van der Waals surface area contributed by atoms with Gasteiger partial charge in [-0.15, -0.1) is 0 Å². The second-order valence-corrected chi connectivity index (χ2v) is 12.4. The molecule has 0 N–H and O–H groups in total. The average molecular weight is 485 g/mol. The Hall–Kier alpha value is -2.32. The number of carbonyl (C=O) groups is 1. The van der Waals surface area contributed by atoms with Crippen molar-refractivity contribution < 1.29 is 17.9 Å². The Morgan fingerprint density at radius 3 is 2.42 bits per heavy atom. The molecule has 2 heterocycles. The third kappa shape index (κ3) is 5.27. The Morgan fingerprint density at radius 1 is 1.00 bits per heavy atom. The fourth-order valence-corrected chi connectivity index (χ4v) is 8.89. The van der Waals surface area contributed by atoms with Crippen molar-refractivity contribution in [3.8, 4) is 11.5 Å². The molecule has 0 radical (unpaired) electrons. The molecule has 2 aromatic rings. The van der Waals surface area contributed by atoms with Crippen LogP contribution < -0.4 is 9.64 Å². The van der Waals surface area contributed by atoms with Crippen molar-refractivity contribution in [1.82, 2.24) is 0 Å². The van der Waals surface area contributed by atoms with Crippen LogP contribution in [0.2, 0.25) is 0 Å². The second-order valence-electron chi connectivity index (χ2n) is 9.06. The number of benzene rings is 2. The number of rotatable bonds is 6. The number of sulfone groups is 1. The van der Waals surface area contributed by atoms with Crippen molar-refractivity contribution in [2.24, 2.45) is 10.9 Å². The molecule has 1 aliphatic carbocycles. The maximum Gasteiger partial charge on any atom is 0.248 e. The van der Waals surface area contributed by atoms with Gasteiger partial charge in [-0.05, 0) is 48.7 Å². The van der Waals surface area contributed by atoms with E-state index in [4.69, 9.17) is 4.74 Å². The summed E-state index contributed by atoms with van der Waals surface area (Å²) in [5, 5.41) is 0.518. The van der Waals surface area contributed by atoms with Crippen LogP contribution in [0.15, 0.2) is 59.6 Å². The van der Waals surface area contributed by atoms with E-state index in [1.807, 2.05) is 59.5 Å². The van der Waals surface area contributed by atoms with E-state index in [0.717, 1.165) is 17.9 Å². The van der Waals surface area contributed by atoms with Gasteiger partial charge in [0.25, 0.3) is 0 Å². The average Bonchev–Trinajstić information content (AvgIpc) is 3.48. The molecule has 0 spiro atoms. The number of fused-ring (bicyclic) bond motifs is 1. The number of hydrogen-bond donors (Lipinski definition) is 0. The standard InChI is InChI=1S/C25H28N2O4S2/c28-24(15-10-18-6-4-5-7-18)26-25-27(22-16-33(29,30)17-23(22)32-25)19-11-13-21(14-12-19)31-20-8-2-1-3-9-20/h1-3,8-9,11-14,18,22-23H,4-7,10,15-17H2. The van der Waals surface area contributed by atoms with Crippen LogP contribution in [0.1, 0.15) is 38.5 Å². The smallest absolute Gasteiger partial charge is 0.248 e. The van der Waals surface area contributed by atoms with Gasteiger partial charge in [-0.1, -0.05) is 55.6 Å². The van der Waals surface area contributed by atoms with Crippen LogP contribution >= 0.6 is 11.8 Å². The van der Waals surface area contributed by atoms with Gasteiger partial charge in [-0.25, -0.2) is 8.42 Å². The molecule has 3 fully saturated rings. The number of hydrogen-bond acceptors (Lipinski definition) is 5. The van der Waals surface area contributed by atoms with Gasteiger partial charge in [0.05, 0.1) is 17.5 Å². The highest BCUT2D eigenvalue weighted by atomic mass is 32.2. The zero-order valence-electron chi connectivity index (χ0n) is 18.4. The zero-order valence-corrected chi connectivity index (χ0v) is 20.1. The number of aliphatic imine (C=N–C) groups is 1. The lowest BCUT2D eigenvalue weighted by Gasteiger charge is -2.24. The van der Waals surface area contributed by atoms with Crippen LogP contribution in [0.5, 0.6) is 11.5 Å². The Morgan fingerprint density at radius 2 is 1.70 bits per heavy atom. The van der Waals surface area contributed by atoms with Gasteiger partial charge < -0.3 is 9.64 Å². The predicted molar refractivity (Wildman–Crippen MR) is 133 cm³/mol. The van der Waals surface area contributed by atoms with Gasteiger partial charge in [0.15, 0.2) is 15.0 Å². The molecule has 6 nitrogen and oxygen atoms in total. The summed E-state index contributed by atoms with van der Waals surface area (Å²) in [6.07, 6.45) is 6.30. The molecule has 0 bridgehead atoms. The maximum absolute atomic E-state index is 12.7. The normalized spacial score (nSPS) is 25.5. The molecule has 0 aromatic heterocycles. The largest absolute Gasteiger partial charge is 0.457 e. The highest BCUT2D eigenvalue weighted by molar-refractivity contribution is 8.16. The maximum atomic E-state index is 12.7. The molecule has 1 amide bonds. The van der Waals surface area contributed by atoms with Crippen molar-refractivity contribution in [2.75, 3.05) is 16.4 Å². The minimum atomic E-state index is -3.10. The summed E-state index contributed by atoms with van der Waals surface area (Å²) in [5.41, 5.74) is 0.829. The third-order valence-corrected chi connectivity index (χ3v) is 9.83. The van der Waals surface area contributed by atoms with Gasteiger partial charge in [-0.3, -0.25) is 4.79 Å². The van der Waals surface area contributed by atoms with Crippen LogP contribution in [-0.2, 0) is 14.6 Å². The molecule has 8 heteroatoms. The van der Waals surface area contributed by atoms with E-state index < -0.39 is 9.84 Å². The quantitative estimate of drug-likeness (QED) is 0.571. The molecule has 3 aliphatic rings. The van der Waals surface area contributed by atoms with Crippen molar-refractivity contribution >= 4 is 38.4 Å². The lowest BCUT2D eigenvalue weighted by molar-refractivity contribution is -0.118. The molecular weight excluding hydrogens is 456 g/mol. The summed E-state index contributed by atoms with van der Waals surface area (Å²) >= 11 is 1.42. The first-order valence-electron chi connectivity index (χ1n) is 11.6. The van der Waals surface area contributed by atoms with Crippen LogP contribution in [0.3, 0.4) is 0 Å². The SMILES string of the molecule is O=C(CCC1CCCC1)N=C1SC2CS(=O)(=O)CC2N1c1ccc(Oc2ccccc2)cc1. The van der Waals surface area contributed by atoms with Crippen molar-refractivity contribution in [3.05, 3.63) is 54.6 Å². The van der Waals surface area contributed by atoms with Crippen LogP contribution in [-0.4, -0.2) is 42.3 Å². The Labute approximate surface area is 199 Å². The fourth-order valence-electron chi connectivity index (χ4n) is 4.96. The molecule has 2 saturated heterocycles. The van der Waals surface area contributed by atoms with Gasteiger partial charge >= 0.3 is 0 Å². The van der Waals surface area contributed by atoms with Crippen LogP contribution in [0.25, 0.3) is 0 Å². The van der Waals surface area contributed by atoms with E-state index in [1.54, 1.807) is 0 Å². The molecule has 2 atom stereocenters. The Kier molecular flexibility index (Phi) is 6.47. The van der Waals surface area contributed by atoms with Gasteiger partial charge in [0.2, 0.25) is 5.91 Å². The number of anilines is 1. The monoisotopic (exact) mass is 484 g/mol. The first-order valence-corrected chi connectivity index (χ1v) is 14.3. The number of ether oxygens (including phenoxy) is 1. The van der Waals surface area contributed by atoms with E-state index in [0.29, 0.717) is 23.3 Å². The topological polar surface area (TPSA) is 76.0 Å². The highest BCUT2D eigenvalue weighted by Crippen LogP contribution is 2.41. The molecular formula is C25H28N2O4S2. The minimum Gasteiger partial charge on any atom is -0.457 e. The zero-order chi connectivity index (χ0) is 22.8. The highest BCUT2D eigenvalue weighted by Gasteiger charge is 2.49. The van der Waals surface area contributed by atoms with Crippen molar-refractivity contribution in [1.29, 1.82) is 0 Å². The van der Waals surface area contributed by atoms with E-state index in [2.05, 4.69) is 4.99 Å². The Bertz CT molecular complexity index is 1130. The molecule has 2 unspecified atom stereocenters. The molecule has 5 rings (SSSR count). The second kappa shape index (κ2) is 9.50. The summed E-state index contributed by atoms with van der Waals surface area (Å²) < 4.78 is 30.5. The van der Waals surface area contributed by atoms with Crippen molar-refractivity contribution in [2.45, 2.75) is 49.8 Å². The number of amidine groups is 1. The first kappa shape index (κ1) is 22.5. The van der Waals surface area contributed by atoms with Crippen molar-refractivity contribution in [3.63, 3.8) is 0 Å². The summed E-state index contributed by atoms with van der Waals surface area (Å²) in [6, 6.07) is 16.9. The van der Waals surface area contributed by atoms with Gasteiger partial charge in [0.1, 0.15) is 11.5 Å². The van der Waals surface area contributed by atoms with Crippen LogP contribution in [0, 0.1) is 5.92 Å². The number of carbonyl (C=O) groups excluding carboxylic acids is 1. The molecule has 33 heavy (non-hydrogen) atoms. The first-order chi connectivity index (χ1) is 16.0. The third-order valence-electron chi connectivity index (χ3n) is 6.62. The number of para-hydroxylation sites is 1. The summed E-state index contributed by atoms with van der Waals surface area (Å²) in [5.74, 6) is 2.19. The summed E-state index contributed by atoms with van der Waals surface area (Å²) in [6.45, 7) is 0. The molecule has 2 aromatic carbocycles. The lowest BCUT2D eigenvalue weighted by atomic mass is 10.0. The molecule has 2 aliphatic heterocycles. The van der Waals surface area contributed by atoms with Gasteiger partial charge in [-0.2, -0.15) is 4.99 Å².